The number of benzene rings is 1. The molecule has 2 rings (SSSR count). The molecule has 0 amide bonds. The molecule has 2 N–H and O–H groups in total. The van der Waals surface area contributed by atoms with E-state index in [2.05, 4.69) is 9.72 Å². The Morgan fingerprint density at radius 1 is 1.41 bits per heavy atom. The van der Waals surface area contributed by atoms with E-state index in [1.54, 1.807) is 6.20 Å². The number of para-hydroxylation sites is 1. The second-order valence-corrected chi connectivity index (χ2v) is 3.83. The summed E-state index contributed by atoms with van der Waals surface area (Å²) in [6.07, 6.45) is 2.16. The normalized spacial score (nSPS) is 12.4. The number of carbonyl (C=O) groups is 1. The van der Waals surface area contributed by atoms with Crippen LogP contribution in [0, 0.1) is 0 Å². The SMILES string of the molecule is COC(=O)C(N)Cc1cccc2cccnc12. The van der Waals surface area contributed by atoms with Crippen LogP contribution in [-0.4, -0.2) is 24.1 Å². The molecule has 0 fully saturated rings. The molecule has 0 aliphatic heterocycles. The Kier molecular flexibility index (Phi) is 3.35. The molecule has 0 saturated heterocycles. The zero-order chi connectivity index (χ0) is 12.3. The molecule has 0 saturated carbocycles. The molecule has 1 aromatic heterocycles. The molecule has 4 heteroatoms. The number of carbonyl (C=O) groups excluding carboxylic acids is 1. The summed E-state index contributed by atoms with van der Waals surface area (Å²) in [7, 11) is 1.34. The first-order valence-electron chi connectivity index (χ1n) is 5.38. The monoisotopic (exact) mass is 230 g/mol. The largest absolute Gasteiger partial charge is 0.468 e. The molecule has 1 aromatic carbocycles. The standard InChI is InChI=1S/C13H14N2O2/c1-17-13(16)11(14)8-10-5-2-4-9-6-3-7-15-12(9)10/h2-7,11H,8,14H2,1H3. The van der Waals surface area contributed by atoms with E-state index in [-0.39, 0.29) is 0 Å². The average molecular weight is 230 g/mol. The van der Waals surface area contributed by atoms with E-state index < -0.39 is 12.0 Å². The number of hydrogen-bond acceptors (Lipinski definition) is 4. The molecule has 17 heavy (non-hydrogen) atoms. The molecule has 88 valence electrons. The van der Waals surface area contributed by atoms with E-state index in [0.717, 1.165) is 16.5 Å². The second kappa shape index (κ2) is 4.93. The quantitative estimate of drug-likeness (QED) is 0.807. The van der Waals surface area contributed by atoms with Crippen LogP contribution in [0.15, 0.2) is 36.5 Å². The smallest absolute Gasteiger partial charge is 0.322 e. The van der Waals surface area contributed by atoms with E-state index >= 15 is 0 Å². The summed E-state index contributed by atoms with van der Waals surface area (Å²) in [6, 6.07) is 9.06. The highest BCUT2D eigenvalue weighted by atomic mass is 16.5. The molecule has 0 bridgehead atoms. The predicted octanol–water partition coefficient (Wildman–Crippen LogP) is 1.28. The zero-order valence-electron chi connectivity index (χ0n) is 9.59. The van der Waals surface area contributed by atoms with Crippen LogP contribution >= 0.6 is 0 Å². The Morgan fingerprint density at radius 3 is 2.94 bits per heavy atom. The Morgan fingerprint density at radius 2 is 2.18 bits per heavy atom. The van der Waals surface area contributed by atoms with Crippen molar-refractivity contribution in [3.8, 4) is 0 Å². The summed E-state index contributed by atoms with van der Waals surface area (Å²) in [6.45, 7) is 0. The van der Waals surface area contributed by atoms with Gasteiger partial charge >= 0.3 is 5.97 Å². The van der Waals surface area contributed by atoms with Crippen LogP contribution in [0.2, 0.25) is 0 Å². The Labute approximate surface area is 99.4 Å². The van der Waals surface area contributed by atoms with Crippen LogP contribution in [0.5, 0.6) is 0 Å². The molecule has 1 unspecified atom stereocenters. The minimum atomic E-state index is -0.646. The number of fused-ring (bicyclic) bond motifs is 1. The van der Waals surface area contributed by atoms with Crippen molar-refractivity contribution in [2.45, 2.75) is 12.5 Å². The molecular weight excluding hydrogens is 216 g/mol. The summed E-state index contributed by atoms with van der Waals surface area (Å²) >= 11 is 0. The molecule has 4 nitrogen and oxygen atoms in total. The van der Waals surface area contributed by atoms with Crippen LogP contribution < -0.4 is 5.73 Å². The van der Waals surface area contributed by atoms with Gasteiger partial charge in [0.15, 0.2) is 0 Å². The van der Waals surface area contributed by atoms with Gasteiger partial charge in [0, 0.05) is 18.0 Å². The minimum Gasteiger partial charge on any atom is -0.468 e. The van der Waals surface area contributed by atoms with E-state index in [4.69, 9.17) is 5.73 Å². The summed E-state index contributed by atoms with van der Waals surface area (Å²) < 4.78 is 4.61. The van der Waals surface area contributed by atoms with Crippen molar-refractivity contribution in [3.05, 3.63) is 42.1 Å². The fourth-order valence-electron chi connectivity index (χ4n) is 1.80. The van der Waals surface area contributed by atoms with Crippen LogP contribution in [0.4, 0.5) is 0 Å². The molecular formula is C13H14N2O2. The van der Waals surface area contributed by atoms with Crippen LogP contribution in [-0.2, 0) is 16.0 Å². The first-order valence-corrected chi connectivity index (χ1v) is 5.38. The third-order valence-electron chi connectivity index (χ3n) is 2.66. The van der Waals surface area contributed by atoms with Crippen LogP contribution in [0.25, 0.3) is 10.9 Å². The van der Waals surface area contributed by atoms with Gasteiger partial charge in [-0.05, 0) is 11.6 Å². The lowest BCUT2D eigenvalue weighted by Crippen LogP contribution is -2.33. The molecule has 0 aliphatic carbocycles. The summed E-state index contributed by atoms with van der Waals surface area (Å²) in [5.41, 5.74) is 7.59. The highest BCUT2D eigenvalue weighted by Gasteiger charge is 2.15. The third kappa shape index (κ3) is 2.42. The van der Waals surface area contributed by atoms with Crippen molar-refractivity contribution < 1.29 is 9.53 Å². The maximum absolute atomic E-state index is 11.3. The maximum atomic E-state index is 11.3. The van der Waals surface area contributed by atoms with Crippen molar-refractivity contribution >= 4 is 16.9 Å². The predicted molar refractivity (Wildman–Crippen MR) is 65.4 cm³/mol. The number of esters is 1. The second-order valence-electron chi connectivity index (χ2n) is 3.83. The summed E-state index contributed by atoms with van der Waals surface area (Å²) in [5, 5.41) is 1.04. The number of nitrogens with zero attached hydrogens (tertiary/aromatic N) is 1. The summed E-state index contributed by atoms with van der Waals surface area (Å²) in [5.74, 6) is -0.405. The topological polar surface area (TPSA) is 65.2 Å². The van der Waals surface area contributed by atoms with Gasteiger partial charge in [0.1, 0.15) is 6.04 Å². The van der Waals surface area contributed by atoms with Gasteiger partial charge in [0.05, 0.1) is 12.6 Å². The van der Waals surface area contributed by atoms with Gasteiger partial charge in [-0.2, -0.15) is 0 Å². The molecule has 1 heterocycles. The highest BCUT2D eigenvalue weighted by molar-refractivity contribution is 5.83. The van der Waals surface area contributed by atoms with E-state index in [1.165, 1.54) is 7.11 Å². The first kappa shape index (κ1) is 11.5. The van der Waals surface area contributed by atoms with Gasteiger partial charge in [-0.3, -0.25) is 9.78 Å². The molecule has 0 radical (unpaired) electrons. The van der Waals surface area contributed by atoms with Crippen molar-refractivity contribution in [2.75, 3.05) is 7.11 Å². The minimum absolute atomic E-state index is 0.405. The number of pyridine rings is 1. The van der Waals surface area contributed by atoms with Gasteiger partial charge in [0.25, 0.3) is 0 Å². The highest BCUT2D eigenvalue weighted by Crippen LogP contribution is 2.17. The fourth-order valence-corrected chi connectivity index (χ4v) is 1.80. The van der Waals surface area contributed by atoms with Gasteiger partial charge in [0.2, 0.25) is 0 Å². The van der Waals surface area contributed by atoms with E-state index in [9.17, 15) is 4.79 Å². The van der Waals surface area contributed by atoms with Crippen molar-refractivity contribution in [1.29, 1.82) is 0 Å². The van der Waals surface area contributed by atoms with Gasteiger partial charge in [-0.1, -0.05) is 24.3 Å². The Balaban J connectivity index is 2.33. The van der Waals surface area contributed by atoms with Crippen molar-refractivity contribution in [2.24, 2.45) is 5.73 Å². The van der Waals surface area contributed by atoms with Crippen LogP contribution in [0.3, 0.4) is 0 Å². The Bertz CT molecular complexity index is 534. The molecule has 1 atom stereocenters. The summed E-state index contributed by atoms with van der Waals surface area (Å²) in [4.78, 5) is 15.6. The molecule has 2 aromatic rings. The number of methoxy groups -OCH3 is 1. The van der Waals surface area contributed by atoms with Crippen molar-refractivity contribution in [3.63, 3.8) is 0 Å². The lowest BCUT2D eigenvalue weighted by Gasteiger charge is -2.10. The molecule has 0 spiro atoms. The first-order chi connectivity index (χ1) is 8.22. The number of aromatic nitrogens is 1. The lowest BCUT2D eigenvalue weighted by molar-refractivity contribution is -0.142. The fraction of sp³-hybridized carbons (Fsp3) is 0.231. The number of hydrogen-bond donors (Lipinski definition) is 1. The Hall–Kier alpha value is -1.94. The average Bonchev–Trinajstić information content (AvgIpc) is 2.38. The number of nitrogens with two attached hydrogens (primary N) is 1. The molecule has 0 aliphatic rings. The number of rotatable bonds is 3. The van der Waals surface area contributed by atoms with E-state index in [1.807, 2.05) is 30.3 Å². The zero-order valence-corrected chi connectivity index (χ0v) is 9.59. The third-order valence-corrected chi connectivity index (χ3v) is 2.66. The van der Waals surface area contributed by atoms with Gasteiger partial charge < -0.3 is 10.5 Å². The van der Waals surface area contributed by atoms with E-state index in [0.29, 0.717) is 6.42 Å². The number of ether oxygens (including phenoxy) is 1. The lowest BCUT2D eigenvalue weighted by atomic mass is 10.0. The van der Waals surface area contributed by atoms with Crippen LogP contribution in [0.1, 0.15) is 5.56 Å². The van der Waals surface area contributed by atoms with Gasteiger partial charge in [-0.25, -0.2) is 0 Å². The van der Waals surface area contributed by atoms with Crippen molar-refractivity contribution in [1.82, 2.24) is 4.98 Å². The maximum Gasteiger partial charge on any atom is 0.322 e. The van der Waals surface area contributed by atoms with Gasteiger partial charge in [-0.15, -0.1) is 0 Å².